The molecule has 0 aromatic carbocycles. The number of ketones is 1. The smallest absolute Gasteiger partial charge is 0.346 e. The third-order valence-corrected chi connectivity index (χ3v) is 3.53. The second kappa shape index (κ2) is 7.39. The number of Topliss-reactive ketones (excluding diaryl/α,β-unsaturated/α-hetero) is 1. The van der Waals surface area contributed by atoms with E-state index in [1.807, 2.05) is 0 Å². The molecule has 0 saturated carbocycles. The maximum Gasteiger partial charge on any atom is 0.460 e. The number of halogens is 12. The molecule has 1 saturated heterocycles. The predicted octanol–water partition coefficient (Wildman–Crippen LogP) is 4.67. The molecular weight excluding hydrogens is 432 g/mol. The van der Waals surface area contributed by atoms with Gasteiger partial charge in [-0.15, -0.1) is 0 Å². The Kier molecular flexibility index (Phi) is 6.47. The number of carbonyl (C=O) groups is 1. The topological polar surface area (TPSA) is 35.5 Å². The Morgan fingerprint density at radius 3 is 1.89 bits per heavy atom. The highest BCUT2D eigenvalue weighted by atomic mass is 19.4. The lowest BCUT2D eigenvalue weighted by molar-refractivity contribution is -0.419. The van der Waals surface area contributed by atoms with E-state index in [-0.39, 0.29) is 6.61 Å². The van der Waals surface area contributed by atoms with Gasteiger partial charge < -0.3 is 9.47 Å². The Hall–Kier alpha value is -1.51. The van der Waals surface area contributed by atoms with Crippen molar-refractivity contribution in [3.63, 3.8) is 0 Å². The third-order valence-electron chi connectivity index (χ3n) is 3.53. The SMILES string of the molecule is CCOC1OCC/C(=C(\F)C(F)(F)C(F)(F)C(F)(F)C(F)(F)C(F)(F)F)C1=O. The van der Waals surface area contributed by atoms with E-state index in [0.717, 1.165) is 0 Å². The summed E-state index contributed by atoms with van der Waals surface area (Å²) in [6.45, 7) is 0.122. The van der Waals surface area contributed by atoms with Crippen molar-refractivity contribution in [1.29, 1.82) is 0 Å². The molecule has 164 valence electrons. The van der Waals surface area contributed by atoms with Crippen LogP contribution in [0.4, 0.5) is 52.7 Å². The monoisotopic (exact) mass is 442 g/mol. The van der Waals surface area contributed by atoms with E-state index in [9.17, 15) is 57.5 Å². The van der Waals surface area contributed by atoms with Crippen LogP contribution in [0.1, 0.15) is 13.3 Å². The van der Waals surface area contributed by atoms with E-state index < -0.39 is 66.4 Å². The van der Waals surface area contributed by atoms with Crippen molar-refractivity contribution in [2.45, 2.75) is 49.5 Å². The lowest BCUT2D eigenvalue weighted by Gasteiger charge is -2.37. The summed E-state index contributed by atoms with van der Waals surface area (Å²) in [5, 5.41) is 0. The third kappa shape index (κ3) is 3.57. The van der Waals surface area contributed by atoms with Crippen LogP contribution >= 0.6 is 0 Å². The summed E-state index contributed by atoms with van der Waals surface area (Å²) in [5.74, 6) is -35.3. The zero-order valence-corrected chi connectivity index (χ0v) is 13.5. The molecule has 1 fully saturated rings. The first kappa shape index (κ1) is 24.5. The van der Waals surface area contributed by atoms with Crippen molar-refractivity contribution < 1.29 is 67.0 Å². The quantitative estimate of drug-likeness (QED) is 0.444. The van der Waals surface area contributed by atoms with Gasteiger partial charge in [0.05, 0.1) is 6.61 Å². The maximum atomic E-state index is 13.9. The molecule has 28 heavy (non-hydrogen) atoms. The standard InChI is InChI=1S/C13H10F12O3/c1-2-27-8-6(26)5(3-4-28-8)7(14)9(15,16)10(17,18)11(19,20)12(21,22)13(23,24)25/h8H,2-4H2,1H3/b7-5+. The van der Waals surface area contributed by atoms with Crippen LogP contribution in [-0.4, -0.2) is 55.2 Å². The minimum Gasteiger partial charge on any atom is -0.346 e. The molecule has 1 heterocycles. The summed E-state index contributed by atoms with van der Waals surface area (Å²) in [7, 11) is 0. The van der Waals surface area contributed by atoms with Crippen LogP contribution in [0.2, 0.25) is 0 Å². The molecule has 3 nitrogen and oxygen atoms in total. The van der Waals surface area contributed by atoms with Crippen molar-refractivity contribution in [3.05, 3.63) is 11.4 Å². The molecule has 0 aliphatic carbocycles. The van der Waals surface area contributed by atoms with Crippen LogP contribution in [-0.2, 0) is 14.3 Å². The number of rotatable bonds is 6. The number of alkyl halides is 11. The molecule has 0 aromatic rings. The van der Waals surface area contributed by atoms with Gasteiger partial charge in [0.15, 0.2) is 5.83 Å². The molecular formula is C13H10F12O3. The highest BCUT2D eigenvalue weighted by Gasteiger charge is 2.88. The fourth-order valence-corrected chi connectivity index (χ4v) is 2.00. The van der Waals surface area contributed by atoms with Crippen molar-refractivity contribution in [3.8, 4) is 0 Å². The normalized spacial score (nSPS) is 22.5. The minimum atomic E-state index is -7.77. The van der Waals surface area contributed by atoms with E-state index in [1.54, 1.807) is 0 Å². The number of hydrogen-bond acceptors (Lipinski definition) is 3. The average Bonchev–Trinajstić information content (AvgIpc) is 2.54. The zero-order valence-electron chi connectivity index (χ0n) is 13.5. The lowest BCUT2D eigenvalue weighted by atomic mass is 9.93. The maximum absolute atomic E-state index is 13.9. The molecule has 1 aliphatic heterocycles. The second-order valence-corrected chi connectivity index (χ2v) is 5.36. The summed E-state index contributed by atoms with van der Waals surface area (Å²) in [4.78, 5) is 11.7. The van der Waals surface area contributed by atoms with E-state index in [0.29, 0.717) is 0 Å². The van der Waals surface area contributed by atoms with Gasteiger partial charge in [0.1, 0.15) is 0 Å². The summed E-state index contributed by atoms with van der Waals surface area (Å²) >= 11 is 0. The first-order valence-electron chi connectivity index (χ1n) is 7.12. The largest absolute Gasteiger partial charge is 0.460 e. The van der Waals surface area contributed by atoms with Crippen LogP contribution in [0.15, 0.2) is 11.4 Å². The van der Waals surface area contributed by atoms with Crippen LogP contribution in [0.5, 0.6) is 0 Å². The van der Waals surface area contributed by atoms with E-state index >= 15 is 0 Å². The highest BCUT2D eigenvalue weighted by Crippen LogP contribution is 2.59. The number of allylic oxidation sites excluding steroid dienone is 1. The highest BCUT2D eigenvalue weighted by molar-refractivity contribution is 5.99. The van der Waals surface area contributed by atoms with Gasteiger partial charge in [-0.05, 0) is 6.92 Å². The molecule has 0 aromatic heterocycles. The fourth-order valence-electron chi connectivity index (χ4n) is 2.00. The molecule has 0 N–H and O–H groups in total. The lowest BCUT2D eigenvalue weighted by Crippen LogP contribution is -2.66. The van der Waals surface area contributed by atoms with Gasteiger partial charge in [-0.2, -0.15) is 48.3 Å². The summed E-state index contributed by atoms with van der Waals surface area (Å²) in [6.07, 6.45) is -10.6. The fraction of sp³-hybridized carbons (Fsp3) is 0.769. The van der Waals surface area contributed by atoms with Crippen molar-refractivity contribution >= 4 is 5.78 Å². The number of carbonyl (C=O) groups excluding carboxylic acids is 1. The van der Waals surface area contributed by atoms with Crippen LogP contribution in [0.3, 0.4) is 0 Å². The predicted molar refractivity (Wildman–Crippen MR) is 65.0 cm³/mol. The summed E-state index contributed by atoms with van der Waals surface area (Å²) in [5.41, 5.74) is -1.86. The molecule has 1 aliphatic rings. The Labute approximate surface area is 148 Å². The molecule has 0 radical (unpaired) electrons. The van der Waals surface area contributed by atoms with Gasteiger partial charge >= 0.3 is 29.9 Å². The molecule has 0 bridgehead atoms. The van der Waals surface area contributed by atoms with Gasteiger partial charge in [-0.1, -0.05) is 0 Å². The molecule has 0 amide bonds. The van der Waals surface area contributed by atoms with Gasteiger partial charge in [0.25, 0.3) is 0 Å². The Morgan fingerprint density at radius 2 is 1.46 bits per heavy atom. The zero-order chi connectivity index (χ0) is 22.3. The van der Waals surface area contributed by atoms with Crippen LogP contribution < -0.4 is 0 Å². The van der Waals surface area contributed by atoms with Crippen molar-refractivity contribution in [2.24, 2.45) is 0 Å². The Balaban J connectivity index is 3.48. The second-order valence-electron chi connectivity index (χ2n) is 5.36. The Bertz CT molecular complexity index is 635. The van der Waals surface area contributed by atoms with Gasteiger partial charge in [-0.3, -0.25) is 4.79 Å². The van der Waals surface area contributed by atoms with E-state index in [2.05, 4.69) is 9.47 Å². The van der Waals surface area contributed by atoms with Gasteiger partial charge in [0.2, 0.25) is 12.1 Å². The molecule has 1 unspecified atom stereocenters. The number of ether oxygens (including phenoxy) is 2. The van der Waals surface area contributed by atoms with Gasteiger partial charge in [-0.25, -0.2) is 4.39 Å². The Morgan fingerprint density at radius 1 is 0.964 bits per heavy atom. The molecule has 1 atom stereocenters. The van der Waals surface area contributed by atoms with Crippen LogP contribution in [0.25, 0.3) is 0 Å². The molecule has 0 spiro atoms. The average molecular weight is 442 g/mol. The first-order chi connectivity index (χ1) is 12.4. The molecule has 1 rings (SSSR count). The van der Waals surface area contributed by atoms with Crippen molar-refractivity contribution in [1.82, 2.24) is 0 Å². The van der Waals surface area contributed by atoms with Gasteiger partial charge in [0, 0.05) is 18.6 Å². The van der Waals surface area contributed by atoms with E-state index in [1.165, 1.54) is 6.92 Å². The summed E-state index contributed by atoms with van der Waals surface area (Å²) in [6, 6.07) is 0. The minimum absolute atomic E-state index is 0.326. The molecule has 15 heteroatoms. The number of hydrogen-bond donors (Lipinski definition) is 0. The van der Waals surface area contributed by atoms with Crippen LogP contribution in [0, 0.1) is 0 Å². The summed E-state index contributed by atoms with van der Waals surface area (Å²) < 4.78 is 165. The van der Waals surface area contributed by atoms with E-state index in [4.69, 9.17) is 0 Å². The first-order valence-corrected chi connectivity index (χ1v) is 7.12. The van der Waals surface area contributed by atoms with Crippen molar-refractivity contribution in [2.75, 3.05) is 13.2 Å².